The highest BCUT2D eigenvalue weighted by Gasteiger charge is 2.24. The summed E-state index contributed by atoms with van der Waals surface area (Å²) >= 11 is 0. The molecule has 1 amide bonds. The average molecular weight is 293 g/mol. The van der Waals surface area contributed by atoms with Crippen molar-refractivity contribution >= 4 is 5.91 Å². The largest absolute Gasteiger partial charge is 0.493 e. The number of nitrogens with zero attached hydrogens (tertiary/aromatic N) is 1. The summed E-state index contributed by atoms with van der Waals surface area (Å²) in [6, 6.07) is 5.21. The Hall–Kier alpha value is -1.75. The highest BCUT2D eigenvalue weighted by Crippen LogP contribution is 2.29. The number of hydrogen-bond acceptors (Lipinski definition) is 4. The average Bonchev–Trinajstić information content (AvgIpc) is 2.54. The van der Waals surface area contributed by atoms with Gasteiger partial charge in [0.25, 0.3) is 5.91 Å². The number of benzene rings is 1. The molecule has 1 aromatic rings. The van der Waals surface area contributed by atoms with E-state index >= 15 is 0 Å². The zero-order valence-corrected chi connectivity index (χ0v) is 12.7. The van der Waals surface area contributed by atoms with Crippen molar-refractivity contribution in [2.75, 3.05) is 20.2 Å². The van der Waals surface area contributed by atoms with Gasteiger partial charge in [0.05, 0.1) is 13.7 Å². The molecule has 1 aliphatic heterocycles. The molecule has 5 heteroatoms. The van der Waals surface area contributed by atoms with Gasteiger partial charge >= 0.3 is 0 Å². The standard InChI is InChI=1S/C16H23NO4/c1-12(16(19)17-8-4-3-5-9-17)21-15-10-13(11-18)6-7-14(15)20-2/h6-7,10,12,18H,3-5,8-9,11H2,1-2H3. The monoisotopic (exact) mass is 293 g/mol. The first-order valence-electron chi connectivity index (χ1n) is 7.39. The number of methoxy groups -OCH3 is 1. The fourth-order valence-corrected chi connectivity index (χ4v) is 2.52. The molecule has 0 aromatic heterocycles. The fourth-order valence-electron chi connectivity index (χ4n) is 2.52. The number of piperidine rings is 1. The number of carbonyl (C=O) groups excluding carboxylic acids is 1. The van der Waals surface area contributed by atoms with Crippen molar-refractivity contribution in [3.8, 4) is 11.5 Å². The Morgan fingerprint density at radius 2 is 2.00 bits per heavy atom. The van der Waals surface area contributed by atoms with E-state index in [-0.39, 0.29) is 12.5 Å². The van der Waals surface area contributed by atoms with Gasteiger partial charge < -0.3 is 19.5 Å². The summed E-state index contributed by atoms with van der Waals surface area (Å²) in [5, 5.41) is 9.20. The summed E-state index contributed by atoms with van der Waals surface area (Å²) in [6.07, 6.45) is 2.74. The van der Waals surface area contributed by atoms with E-state index in [1.807, 2.05) is 4.90 Å². The number of amides is 1. The van der Waals surface area contributed by atoms with E-state index in [1.165, 1.54) is 6.42 Å². The number of carbonyl (C=O) groups is 1. The summed E-state index contributed by atoms with van der Waals surface area (Å²) in [6.45, 7) is 3.29. The first kappa shape index (κ1) is 15.6. The Balaban J connectivity index is 2.07. The van der Waals surface area contributed by atoms with Crippen molar-refractivity contribution in [3.63, 3.8) is 0 Å². The molecule has 1 heterocycles. The van der Waals surface area contributed by atoms with Crippen LogP contribution in [0.3, 0.4) is 0 Å². The van der Waals surface area contributed by atoms with E-state index in [0.29, 0.717) is 11.5 Å². The van der Waals surface area contributed by atoms with Crippen LogP contribution < -0.4 is 9.47 Å². The molecule has 2 rings (SSSR count). The van der Waals surface area contributed by atoms with Gasteiger partial charge in [0.2, 0.25) is 0 Å². The predicted octanol–water partition coefficient (Wildman–Crippen LogP) is 1.97. The molecule has 0 saturated carbocycles. The van der Waals surface area contributed by atoms with Gasteiger partial charge in [0.15, 0.2) is 17.6 Å². The van der Waals surface area contributed by atoms with Gasteiger partial charge in [-0.05, 0) is 43.9 Å². The first-order chi connectivity index (χ1) is 10.2. The Bertz CT molecular complexity index is 483. The second-order valence-electron chi connectivity index (χ2n) is 5.29. The maximum Gasteiger partial charge on any atom is 0.263 e. The molecule has 21 heavy (non-hydrogen) atoms. The van der Waals surface area contributed by atoms with E-state index in [1.54, 1.807) is 32.2 Å². The van der Waals surface area contributed by atoms with E-state index in [9.17, 15) is 9.90 Å². The van der Waals surface area contributed by atoms with E-state index in [4.69, 9.17) is 9.47 Å². The zero-order chi connectivity index (χ0) is 15.2. The highest BCUT2D eigenvalue weighted by molar-refractivity contribution is 5.81. The van der Waals surface area contributed by atoms with Gasteiger partial charge in [-0.25, -0.2) is 0 Å². The highest BCUT2D eigenvalue weighted by atomic mass is 16.5. The molecule has 1 saturated heterocycles. The van der Waals surface area contributed by atoms with Crippen molar-refractivity contribution < 1.29 is 19.4 Å². The molecule has 1 aromatic carbocycles. The molecule has 1 fully saturated rings. The van der Waals surface area contributed by atoms with Gasteiger partial charge in [-0.15, -0.1) is 0 Å². The van der Waals surface area contributed by atoms with E-state index in [2.05, 4.69) is 0 Å². The number of rotatable bonds is 5. The van der Waals surface area contributed by atoms with Crippen LogP contribution >= 0.6 is 0 Å². The van der Waals surface area contributed by atoms with Gasteiger partial charge in [-0.3, -0.25) is 4.79 Å². The van der Waals surface area contributed by atoms with Crippen LogP contribution in [0.15, 0.2) is 18.2 Å². The third-order valence-electron chi connectivity index (χ3n) is 3.73. The van der Waals surface area contributed by atoms with Crippen molar-refractivity contribution in [2.24, 2.45) is 0 Å². The summed E-state index contributed by atoms with van der Waals surface area (Å²) in [4.78, 5) is 14.2. The van der Waals surface area contributed by atoms with Crippen LogP contribution in [0.25, 0.3) is 0 Å². The maximum atomic E-state index is 12.4. The van der Waals surface area contributed by atoms with Crippen LogP contribution in [0.5, 0.6) is 11.5 Å². The molecule has 1 aliphatic rings. The molecule has 1 unspecified atom stereocenters. The fraction of sp³-hybridized carbons (Fsp3) is 0.562. The summed E-state index contributed by atoms with van der Waals surface area (Å²) in [5.41, 5.74) is 0.725. The van der Waals surface area contributed by atoms with Gasteiger partial charge in [-0.1, -0.05) is 6.07 Å². The topological polar surface area (TPSA) is 59.0 Å². The molecule has 0 radical (unpaired) electrons. The summed E-state index contributed by atoms with van der Waals surface area (Å²) in [7, 11) is 1.55. The second-order valence-corrected chi connectivity index (χ2v) is 5.29. The zero-order valence-electron chi connectivity index (χ0n) is 12.7. The number of aliphatic hydroxyl groups excluding tert-OH is 1. The van der Waals surface area contributed by atoms with Crippen molar-refractivity contribution in [2.45, 2.75) is 38.9 Å². The maximum absolute atomic E-state index is 12.4. The smallest absolute Gasteiger partial charge is 0.263 e. The summed E-state index contributed by atoms with van der Waals surface area (Å²) < 4.78 is 11.0. The lowest BCUT2D eigenvalue weighted by atomic mass is 10.1. The summed E-state index contributed by atoms with van der Waals surface area (Å²) in [5.74, 6) is 1.05. The van der Waals surface area contributed by atoms with E-state index < -0.39 is 6.10 Å². The molecule has 0 bridgehead atoms. The Morgan fingerprint density at radius 3 is 2.62 bits per heavy atom. The SMILES string of the molecule is COc1ccc(CO)cc1OC(C)C(=O)N1CCCCC1. The predicted molar refractivity (Wildman–Crippen MR) is 79.4 cm³/mol. The van der Waals surface area contributed by atoms with Gasteiger partial charge in [-0.2, -0.15) is 0 Å². The quantitative estimate of drug-likeness (QED) is 0.901. The van der Waals surface area contributed by atoms with Gasteiger partial charge in [0.1, 0.15) is 0 Å². The lowest BCUT2D eigenvalue weighted by Gasteiger charge is -2.29. The second kappa shape index (κ2) is 7.31. The number of aliphatic hydroxyl groups is 1. The van der Waals surface area contributed by atoms with Crippen molar-refractivity contribution in [3.05, 3.63) is 23.8 Å². The Kier molecular flexibility index (Phi) is 5.44. The van der Waals surface area contributed by atoms with E-state index in [0.717, 1.165) is 31.5 Å². The number of ether oxygens (including phenoxy) is 2. The molecule has 116 valence electrons. The van der Waals surface area contributed by atoms with Crippen LogP contribution in [0.4, 0.5) is 0 Å². The van der Waals surface area contributed by atoms with Crippen LogP contribution in [0.2, 0.25) is 0 Å². The molecule has 0 aliphatic carbocycles. The normalized spacial score (nSPS) is 16.4. The third-order valence-corrected chi connectivity index (χ3v) is 3.73. The molecule has 1 atom stereocenters. The minimum absolute atomic E-state index is 0.00570. The van der Waals surface area contributed by atoms with Crippen LogP contribution in [0, 0.1) is 0 Å². The first-order valence-corrected chi connectivity index (χ1v) is 7.39. The minimum atomic E-state index is -0.564. The molecular weight excluding hydrogens is 270 g/mol. The van der Waals surface area contributed by atoms with Crippen LogP contribution in [0.1, 0.15) is 31.7 Å². The minimum Gasteiger partial charge on any atom is -0.493 e. The number of hydrogen-bond donors (Lipinski definition) is 1. The molecule has 5 nitrogen and oxygen atoms in total. The van der Waals surface area contributed by atoms with Gasteiger partial charge in [0, 0.05) is 13.1 Å². The Labute approximate surface area is 125 Å². The molecule has 0 spiro atoms. The molecular formula is C16H23NO4. The van der Waals surface area contributed by atoms with Crippen molar-refractivity contribution in [1.82, 2.24) is 4.90 Å². The van der Waals surface area contributed by atoms with Crippen LogP contribution in [-0.4, -0.2) is 42.2 Å². The lowest BCUT2D eigenvalue weighted by molar-refractivity contribution is -0.138. The number of likely N-dealkylation sites (tertiary alicyclic amines) is 1. The lowest BCUT2D eigenvalue weighted by Crippen LogP contribution is -2.43. The van der Waals surface area contributed by atoms with Crippen molar-refractivity contribution in [1.29, 1.82) is 0 Å². The third kappa shape index (κ3) is 3.88. The Morgan fingerprint density at radius 1 is 1.29 bits per heavy atom. The van der Waals surface area contributed by atoms with Crippen LogP contribution in [-0.2, 0) is 11.4 Å². The molecule has 1 N–H and O–H groups in total.